The van der Waals surface area contributed by atoms with Gasteiger partial charge in [0.2, 0.25) is 11.8 Å². The first kappa shape index (κ1) is 15.7. The maximum absolute atomic E-state index is 12.4. The second-order valence-electron chi connectivity index (χ2n) is 5.46. The van der Waals surface area contributed by atoms with Crippen molar-refractivity contribution in [2.24, 2.45) is 11.8 Å². The molecule has 5 heteroatoms. The van der Waals surface area contributed by atoms with E-state index in [0.29, 0.717) is 12.8 Å². The fourth-order valence-corrected chi connectivity index (χ4v) is 2.66. The number of hydrogen-bond donors (Lipinski definition) is 0. The summed E-state index contributed by atoms with van der Waals surface area (Å²) in [6.07, 6.45) is 1.37. The molecule has 5 nitrogen and oxygen atoms in total. The number of rotatable bonds is 6. The molecule has 0 aliphatic carbocycles. The zero-order valence-corrected chi connectivity index (χ0v) is 12.2. The number of nitrogens with zero attached hydrogens (tertiary/aromatic N) is 3. The SMILES string of the molecule is N#CCC[C@@H](C#N)CN1C(=O)C[C@H](Cc2ccccc2)C1=O. The van der Waals surface area contributed by atoms with Crippen LogP contribution in [0.1, 0.15) is 24.8 Å². The summed E-state index contributed by atoms with van der Waals surface area (Å²) in [6.45, 7) is 0.0983. The molecule has 0 bridgehead atoms. The molecule has 0 radical (unpaired) electrons. The van der Waals surface area contributed by atoms with Crippen molar-refractivity contribution < 1.29 is 9.59 Å². The second kappa shape index (κ2) is 7.38. The molecule has 0 spiro atoms. The van der Waals surface area contributed by atoms with Crippen LogP contribution in [0.5, 0.6) is 0 Å². The molecule has 2 rings (SSSR count). The fraction of sp³-hybridized carbons (Fsp3) is 0.412. The lowest BCUT2D eigenvalue weighted by molar-refractivity contribution is -0.139. The molecule has 112 valence electrons. The summed E-state index contributed by atoms with van der Waals surface area (Å²) >= 11 is 0. The van der Waals surface area contributed by atoms with Crippen molar-refractivity contribution in [3.05, 3.63) is 35.9 Å². The number of hydrogen-bond acceptors (Lipinski definition) is 4. The van der Waals surface area contributed by atoms with Gasteiger partial charge in [-0.2, -0.15) is 10.5 Å². The second-order valence-corrected chi connectivity index (χ2v) is 5.46. The summed E-state index contributed by atoms with van der Waals surface area (Å²) in [5.74, 6) is -1.23. The highest BCUT2D eigenvalue weighted by molar-refractivity contribution is 6.03. The predicted octanol–water partition coefficient (Wildman–Crippen LogP) is 2.05. The van der Waals surface area contributed by atoms with E-state index in [-0.39, 0.29) is 37.1 Å². The minimum Gasteiger partial charge on any atom is -0.281 e. The minimum atomic E-state index is -0.469. The Morgan fingerprint density at radius 1 is 1.23 bits per heavy atom. The number of amides is 2. The Labute approximate surface area is 129 Å². The van der Waals surface area contributed by atoms with E-state index in [1.54, 1.807) is 0 Å². The lowest BCUT2D eigenvalue weighted by Gasteiger charge is -2.17. The summed E-state index contributed by atoms with van der Waals surface area (Å²) in [5, 5.41) is 17.7. The lowest BCUT2D eigenvalue weighted by atomic mass is 9.98. The molecule has 0 unspecified atom stereocenters. The van der Waals surface area contributed by atoms with Crippen LogP contribution in [0.15, 0.2) is 30.3 Å². The van der Waals surface area contributed by atoms with Gasteiger partial charge in [-0.15, -0.1) is 0 Å². The summed E-state index contributed by atoms with van der Waals surface area (Å²) < 4.78 is 0. The lowest BCUT2D eigenvalue weighted by Crippen LogP contribution is -2.35. The number of nitriles is 2. The molecule has 1 fully saturated rings. The standard InChI is InChI=1S/C17H17N3O2/c18-8-4-7-14(11-19)12-20-16(21)10-15(17(20)22)9-13-5-2-1-3-6-13/h1-3,5-6,14-15H,4,7,9-10,12H2/t14-,15-/m0/s1. The molecule has 2 atom stereocenters. The molecule has 1 saturated heterocycles. The number of benzene rings is 1. The molecule has 2 amide bonds. The third-order valence-corrected chi connectivity index (χ3v) is 3.85. The van der Waals surface area contributed by atoms with Crippen molar-refractivity contribution in [1.82, 2.24) is 4.90 Å². The zero-order valence-electron chi connectivity index (χ0n) is 12.2. The van der Waals surface area contributed by atoms with E-state index in [1.165, 1.54) is 4.90 Å². The average Bonchev–Trinajstić information content (AvgIpc) is 2.79. The van der Waals surface area contributed by atoms with Gasteiger partial charge in [0.25, 0.3) is 0 Å². The summed E-state index contributed by atoms with van der Waals surface area (Å²) in [4.78, 5) is 25.6. The van der Waals surface area contributed by atoms with Crippen LogP contribution in [0.25, 0.3) is 0 Å². The third-order valence-electron chi connectivity index (χ3n) is 3.85. The van der Waals surface area contributed by atoms with Crippen LogP contribution >= 0.6 is 0 Å². The molecule has 1 aliphatic heterocycles. The molecule has 0 aromatic heterocycles. The maximum atomic E-state index is 12.4. The summed E-state index contributed by atoms with van der Waals surface area (Å²) in [7, 11) is 0. The Hall–Kier alpha value is -2.66. The molecular formula is C17H17N3O2. The molecule has 1 heterocycles. The highest BCUT2D eigenvalue weighted by atomic mass is 16.2. The molecule has 1 aliphatic rings. The largest absolute Gasteiger partial charge is 0.281 e. The van der Waals surface area contributed by atoms with E-state index >= 15 is 0 Å². The van der Waals surface area contributed by atoms with E-state index in [9.17, 15) is 9.59 Å². The van der Waals surface area contributed by atoms with Crippen molar-refractivity contribution in [2.75, 3.05) is 6.54 Å². The molecule has 0 N–H and O–H groups in total. The van der Waals surface area contributed by atoms with Crippen molar-refractivity contribution in [1.29, 1.82) is 10.5 Å². The van der Waals surface area contributed by atoms with Gasteiger partial charge >= 0.3 is 0 Å². The van der Waals surface area contributed by atoms with Crippen molar-refractivity contribution >= 4 is 11.8 Å². The van der Waals surface area contributed by atoms with Gasteiger partial charge in [-0.1, -0.05) is 30.3 Å². The van der Waals surface area contributed by atoms with E-state index in [0.717, 1.165) is 5.56 Å². The summed E-state index contributed by atoms with van der Waals surface area (Å²) in [6, 6.07) is 13.6. The third kappa shape index (κ3) is 3.71. The van der Waals surface area contributed by atoms with Crippen LogP contribution in [0.3, 0.4) is 0 Å². The number of carbonyl (C=O) groups is 2. The van der Waals surface area contributed by atoms with Crippen LogP contribution in [-0.2, 0) is 16.0 Å². The van der Waals surface area contributed by atoms with Crippen LogP contribution in [0.2, 0.25) is 0 Å². The van der Waals surface area contributed by atoms with Gasteiger partial charge < -0.3 is 0 Å². The monoisotopic (exact) mass is 295 g/mol. The van der Waals surface area contributed by atoms with E-state index in [1.807, 2.05) is 36.4 Å². The summed E-state index contributed by atoms with van der Waals surface area (Å²) in [5.41, 5.74) is 1.02. The van der Waals surface area contributed by atoms with Gasteiger partial charge in [0.15, 0.2) is 0 Å². The highest BCUT2D eigenvalue weighted by Gasteiger charge is 2.39. The van der Waals surface area contributed by atoms with Gasteiger partial charge in [-0.25, -0.2) is 0 Å². The molecule has 1 aromatic carbocycles. The zero-order chi connectivity index (χ0) is 15.9. The Bertz CT molecular complexity index is 628. The van der Waals surface area contributed by atoms with Gasteiger partial charge in [-0.05, 0) is 18.4 Å². The van der Waals surface area contributed by atoms with Gasteiger partial charge in [0, 0.05) is 19.4 Å². The normalized spacial score (nSPS) is 18.8. The first-order valence-electron chi connectivity index (χ1n) is 7.30. The van der Waals surface area contributed by atoms with Gasteiger partial charge in [-0.3, -0.25) is 14.5 Å². The number of carbonyl (C=O) groups excluding carboxylic acids is 2. The van der Waals surface area contributed by atoms with Crippen LogP contribution in [-0.4, -0.2) is 23.3 Å². The smallest absolute Gasteiger partial charge is 0.233 e. The van der Waals surface area contributed by atoms with E-state index in [4.69, 9.17) is 10.5 Å². The molecule has 22 heavy (non-hydrogen) atoms. The van der Waals surface area contributed by atoms with Crippen molar-refractivity contribution in [3.8, 4) is 12.1 Å². The first-order chi connectivity index (χ1) is 10.7. The minimum absolute atomic E-state index is 0.0983. The van der Waals surface area contributed by atoms with E-state index in [2.05, 4.69) is 6.07 Å². The van der Waals surface area contributed by atoms with E-state index < -0.39 is 5.92 Å². The molecular weight excluding hydrogens is 278 g/mol. The maximum Gasteiger partial charge on any atom is 0.233 e. The Morgan fingerprint density at radius 3 is 2.59 bits per heavy atom. The Kier molecular flexibility index (Phi) is 5.27. The van der Waals surface area contributed by atoms with Crippen molar-refractivity contribution in [2.45, 2.75) is 25.7 Å². The fourth-order valence-electron chi connectivity index (χ4n) is 2.66. The van der Waals surface area contributed by atoms with Crippen molar-refractivity contribution in [3.63, 3.8) is 0 Å². The van der Waals surface area contributed by atoms with Gasteiger partial charge in [0.05, 0.1) is 24.0 Å². The first-order valence-corrected chi connectivity index (χ1v) is 7.30. The van der Waals surface area contributed by atoms with Crippen LogP contribution in [0, 0.1) is 34.5 Å². The topological polar surface area (TPSA) is 85.0 Å². The van der Waals surface area contributed by atoms with Crippen LogP contribution in [0.4, 0.5) is 0 Å². The predicted molar refractivity (Wildman–Crippen MR) is 78.9 cm³/mol. The average molecular weight is 295 g/mol. The Balaban J connectivity index is 2.00. The highest BCUT2D eigenvalue weighted by Crippen LogP contribution is 2.25. The molecule has 1 aromatic rings. The van der Waals surface area contributed by atoms with Gasteiger partial charge in [0.1, 0.15) is 0 Å². The number of imide groups is 1. The quantitative estimate of drug-likeness (QED) is 0.752. The molecule has 0 saturated carbocycles. The Morgan fingerprint density at radius 2 is 1.95 bits per heavy atom. The number of likely N-dealkylation sites (tertiary alicyclic amines) is 1. The van der Waals surface area contributed by atoms with Crippen LogP contribution < -0.4 is 0 Å².